The van der Waals surface area contributed by atoms with Gasteiger partial charge in [0, 0.05) is 55.9 Å². The SMILES string of the molecule is CC(C)(C)c1ccc(N2c3cc(N4c5ccc(C(C)(C)C)cc5C5(C)CCCCC45C)cc4c3B(c3cc5c(cc3N4c3ccc4c(c3)C(C)(C)CCC4(C)C)C(C)(C)CCC5(C)C)c3ccc4c(oc5ccc(C(C)(C)C)cc54)c32)c(-c2ccccc2)c1. The molecule has 15 rings (SSSR count). The number of rotatable bonds is 4. The van der Waals surface area contributed by atoms with Crippen LogP contribution in [0.1, 0.15) is 227 Å². The van der Waals surface area contributed by atoms with Gasteiger partial charge < -0.3 is 19.1 Å². The lowest BCUT2D eigenvalue weighted by Crippen LogP contribution is -2.62. The van der Waals surface area contributed by atoms with Crippen molar-refractivity contribution in [3.63, 3.8) is 0 Å². The van der Waals surface area contributed by atoms with Crippen LogP contribution in [-0.2, 0) is 43.3 Å². The molecular formula is C84H96BN3O. The average Bonchev–Trinajstić information content (AvgIpc) is 1.66. The van der Waals surface area contributed by atoms with Crippen molar-refractivity contribution in [1.29, 1.82) is 0 Å². The average molecular weight is 1170 g/mol. The van der Waals surface area contributed by atoms with Crippen molar-refractivity contribution in [3.05, 3.63) is 184 Å². The molecule has 6 aliphatic rings. The lowest BCUT2D eigenvalue weighted by atomic mass is 9.33. The Labute approximate surface area is 533 Å². The molecule has 2 atom stereocenters. The molecule has 0 radical (unpaired) electrons. The van der Waals surface area contributed by atoms with Gasteiger partial charge in [0.05, 0.1) is 16.9 Å². The number of benzene rings is 8. The van der Waals surface area contributed by atoms with E-state index in [1.807, 2.05) is 0 Å². The third-order valence-corrected chi connectivity index (χ3v) is 24.0. The summed E-state index contributed by atoms with van der Waals surface area (Å²) in [6.45, 7) is 46.3. The fraction of sp³-hybridized carbons (Fsp3) is 0.429. The zero-order valence-corrected chi connectivity index (χ0v) is 57.3. The smallest absolute Gasteiger partial charge is 0.252 e. The summed E-state index contributed by atoms with van der Waals surface area (Å²) in [5, 5.41) is 2.32. The first-order valence-electron chi connectivity index (χ1n) is 34.0. The van der Waals surface area contributed by atoms with E-state index in [0.717, 1.165) is 60.0 Å². The fourth-order valence-corrected chi connectivity index (χ4v) is 17.8. The summed E-state index contributed by atoms with van der Waals surface area (Å²) in [7, 11) is 0. The molecule has 0 spiro atoms. The molecule has 4 heterocycles. The molecule has 1 saturated carbocycles. The summed E-state index contributed by atoms with van der Waals surface area (Å²) in [5.74, 6) is 0. The Hall–Kier alpha value is -6.98. The summed E-state index contributed by atoms with van der Waals surface area (Å²) in [5.41, 5.74) is 29.3. The highest BCUT2D eigenvalue weighted by Crippen LogP contribution is 2.63. The van der Waals surface area contributed by atoms with Crippen molar-refractivity contribution >= 4 is 90.5 Å². The van der Waals surface area contributed by atoms with E-state index < -0.39 is 0 Å². The molecule has 456 valence electrons. The lowest BCUT2D eigenvalue weighted by Gasteiger charge is -2.51. The van der Waals surface area contributed by atoms with E-state index in [1.165, 1.54) is 131 Å². The van der Waals surface area contributed by atoms with Gasteiger partial charge in [0.1, 0.15) is 5.58 Å². The molecule has 9 aromatic rings. The number of fused-ring (bicyclic) bond motifs is 13. The summed E-state index contributed by atoms with van der Waals surface area (Å²) in [4.78, 5) is 8.37. The molecule has 8 aromatic carbocycles. The van der Waals surface area contributed by atoms with E-state index in [2.05, 4.69) is 286 Å². The van der Waals surface area contributed by atoms with Gasteiger partial charge in [0.2, 0.25) is 0 Å². The molecule has 2 unspecified atom stereocenters. The predicted molar refractivity (Wildman–Crippen MR) is 383 cm³/mol. The quantitative estimate of drug-likeness (QED) is 0.164. The van der Waals surface area contributed by atoms with Gasteiger partial charge in [0.25, 0.3) is 6.71 Å². The largest absolute Gasteiger partial charge is 0.454 e. The van der Waals surface area contributed by atoms with Crippen molar-refractivity contribution in [3.8, 4) is 11.1 Å². The number of furan rings is 1. The number of anilines is 8. The van der Waals surface area contributed by atoms with Crippen LogP contribution in [0.15, 0.2) is 144 Å². The normalized spacial score (nSPS) is 21.9. The minimum atomic E-state index is -0.213. The first kappa shape index (κ1) is 58.4. The Morgan fingerprint density at radius 3 is 1.62 bits per heavy atom. The Morgan fingerprint density at radius 2 is 0.966 bits per heavy atom. The maximum Gasteiger partial charge on any atom is 0.252 e. The molecule has 0 N–H and O–H groups in total. The fourth-order valence-electron chi connectivity index (χ4n) is 17.8. The van der Waals surface area contributed by atoms with Gasteiger partial charge in [-0.15, -0.1) is 0 Å². The lowest BCUT2D eigenvalue weighted by molar-refractivity contribution is 0.195. The summed E-state index contributed by atoms with van der Waals surface area (Å²) < 4.78 is 7.62. The van der Waals surface area contributed by atoms with E-state index in [9.17, 15) is 0 Å². The van der Waals surface area contributed by atoms with Crippen molar-refractivity contribution in [2.75, 3.05) is 14.7 Å². The van der Waals surface area contributed by atoms with Crippen molar-refractivity contribution in [2.24, 2.45) is 0 Å². The van der Waals surface area contributed by atoms with E-state index in [0.29, 0.717) is 0 Å². The standard InChI is InChI=1S/C84H96BN3O/c1-76(2,3)52-27-34-67(58(43-52)51-25-21-20-22-26-51)87-71-48-56(88-68-35-28-54(78(7,8)9)45-64(68)83(18)37-23-24-38-84(83,88)19)47-70-73(71)85(65-33-31-57-59-44-53(77(4,5)6)29-36-72(59)89-75(57)74(65)87)66-49-62-63(82(16,17)42-41-81(62,14)15)50-69(66)86(70)55-30-32-60-61(46-55)80(12,13)40-39-79(60,10)11/h20-22,25-36,43-50H,23-24,37-42H2,1-19H3. The molecule has 5 heteroatoms. The molecular weight excluding hydrogens is 1080 g/mol. The number of hydrogen-bond donors (Lipinski definition) is 0. The highest BCUT2D eigenvalue weighted by molar-refractivity contribution is 7.00. The van der Waals surface area contributed by atoms with Crippen LogP contribution in [0.5, 0.6) is 0 Å². The summed E-state index contributed by atoms with van der Waals surface area (Å²) in [6, 6.07) is 56.6. The van der Waals surface area contributed by atoms with Crippen LogP contribution in [-0.4, -0.2) is 12.3 Å². The second-order valence-corrected chi connectivity index (χ2v) is 34.6. The van der Waals surface area contributed by atoms with Crippen LogP contribution >= 0.6 is 0 Å². The molecule has 4 nitrogen and oxygen atoms in total. The molecule has 3 aliphatic heterocycles. The van der Waals surface area contributed by atoms with E-state index in [1.54, 1.807) is 0 Å². The van der Waals surface area contributed by atoms with E-state index >= 15 is 0 Å². The Morgan fingerprint density at radius 1 is 0.404 bits per heavy atom. The Kier molecular flexibility index (Phi) is 12.4. The second kappa shape index (κ2) is 18.8. The maximum absolute atomic E-state index is 7.62. The minimum absolute atomic E-state index is 0.00472. The van der Waals surface area contributed by atoms with E-state index in [4.69, 9.17) is 4.42 Å². The van der Waals surface area contributed by atoms with Crippen LogP contribution in [0.3, 0.4) is 0 Å². The van der Waals surface area contributed by atoms with Gasteiger partial charge >= 0.3 is 0 Å². The monoisotopic (exact) mass is 1170 g/mol. The van der Waals surface area contributed by atoms with Crippen molar-refractivity contribution < 1.29 is 4.42 Å². The topological polar surface area (TPSA) is 22.9 Å². The van der Waals surface area contributed by atoms with Crippen LogP contribution < -0.4 is 31.1 Å². The molecule has 89 heavy (non-hydrogen) atoms. The first-order chi connectivity index (χ1) is 41.7. The van der Waals surface area contributed by atoms with Crippen LogP contribution in [0.4, 0.5) is 45.5 Å². The van der Waals surface area contributed by atoms with Gasteiger partial charge in [0.15, 0.2) is 5.58 Å². The minimum Gasteiger partial charge on any atom is -0.454 e. The van der Waals surface area contributed by atoms with Crippen LogP contribution in [0.2, 0.25) is 0 Å². The summed E-state index contributed by atoms with van der Waals surface area (Å²) >= 11 is 0. The first-order valence-corrected chi connectivity index (χ1v) is 34.0. The van der Waals surface area contributed by atoms with Gasteiger partial charge in [-0.1, -0.05) is 216 Å². The molecule has 0 amide bonds. The molecule has 1 fully saturated rings. The van der Waals surface area contributed by atoms with Gasteiger partial charge in [-0.3, -0.25) is 0 Å². The summed E-state index contributed by atoms with van der Waals surface area (Å²) in [6.07, 6.45) is 9.28. The third-order valence-electron chi connectivity index (χ3n) is 24.0. The highest BCUT2D eigenvalue weighted by Gasteiger charge is 2.59. The second-order valence-electron chi connectivity index (χ2n) is 34.6. The van der Waals surface area contributed by atoms with Crippen molar-refractivity contribution in [1.82, 2.24) is 0 Å². The highest BCUT2D eigenvalue weighted by atomic mass is 16.3. The van der Waals surface area contributed by atoms with Crippen LogP contribution in [0, 0.1) is 0 Å². The zero-order chi connectivity index (χ0) is 62.9. The van der Waals surface area contributed by atoms with E-state index in [-0.39, 0.29) is 55.6 Å². The zero-order valence-electron chi connectivity index (χ0n) is 57.3. The predicted octanol–water partition coefficient (Wildman–Crippen LogP) is 21.7. The van der Waals surface area contributed by atoms with Gasteiger partial charge in [-0.2, -0.15) is 0 Å². The van der Waals surface area contributed by atoms with Crippen LogP contribution in [0.25, 0.3) is 33.1 Å². The Bertz CT molecular complexity index is 4450. The van der Waals surface area contributed by atoms with Gasteiger partial charge in [-0.25, -0.2) is 0 Å². The molecule has 0 saturated heterocycles. The molecule has 3 aliphatic carbocycles. The maximum atomic E-state index is 7.62. The number of hydrogen-bond acceptors (Lipinski definition) is 4. The Balaban J connectivity index is 1.14. The van der Waals surface area contributed by atoms with Gasteiger partial charge in [-0.05, 0) is 210 Å². The molecule has 0 bridgehead atoms. The third kappa shape index (κ3) is 8.50. The number of nitrogens with zero attached hydrogens (tertiary/aromatic N) is 3. The molecule has 1 aromatic heterocycles. The van der Waals surface area contributed by atoms with Crippen molar-refractivity contribution in [2.45, 2.75) is 232 Å².